The lowest BCUT2D eigenvalue weighted by Gasteiger charge is -2.08. The maximum atomic E-state index is 11.9. The van der Waals surface area contributed by atoms with Crippen LogP contribution in [-0.2, 0) is 24.3 Å². The van der Waals surface area contributed by atoms with Crippen molar-refractivity contribution >= 4 is 5.91 Å². The Hall–Kier alpha value is -2.20. The van der Waals surface area contributed by atoms with Crippen LogP contribution in [0.2, 0.25) is 0 Å². The Balaban J connectivity index is 1.87. The predicted molar refractivity (Wildman–Crippen MR) is 78.9 cm³/mol. The van der Waals surface area contributed by atoms with E-state index in [1.54, 1.807) is 12.4 Å². The van der Waals surface area contributed by atoms with Gasteiger partial charge in [0.2, 0.25) is 5.91 Å². The fraction of sp³-hybridized carbons (Fsp3) is 0.250. The maximum Gasteiger partial charge on any atom is 0.224 e. The fourth-order valence-electron chi connectivity index (χ4n) is 1.94. The van der Waals surface area contributed by atoms with Gasteiger partial charge in [0.15, 0.2) is 0 Å². The highest BCUT2D eigenvalue weighted by atomic mass is 16.1. The van der Waals surface area contributed by atoms with Gasteiger partial charge in [-0.15, -0.1) is 0 Å². The average Bonchev–Trinajstić information content (AvgIpc) is 2.47. The molecule has 3 N–H and O–H groups in total. The van der Waals surface area contributed by atoms with Gasteiger partial charge in [0.25, 0.3) is 0 Å². The molecular formula is C16H19N3O. The van der Waals surface area contributed by atoms with Gasteiger partial charge in [-0.1, -0.05) is 24.3 Å². The molecule has 1 heterocycles. The normalized spacial score (nSPS) is 10.3. The minimum Gasteiger partial charge on any atom is -0.352 e. The second-order valence-electron chi connectivity index (χ2n) is 4.78. The van der Waals surface area contributed by atoms with Crippen molar-refractivity contribution in [3.05, 3.63) is 65.0 Å². The molecule has 0 saturated carbocycles. The quantitative estimate of drug-likeness (QED) is 0.868. The first-order chi connectivity index (χ1) is 9.69. The zero-order valence-electron chi connectivity index (χ0n) is 11.6. The number of hydrogen-bond donors (Lipinski definition) is 2. The van der Waals surface area contributed by atoms with Gasteiger partial charge < -0.3 is 11.1 Å². The van der Waals surface area contributed by atoms with E-state index in [9.17, 15) is 4.79 Å². The Bertz CT molecular complexity index is 579. The third kappa shape index (κ3) is 3.90. The number of benzene rings is 1. The molecule has 1 aromatic heterocycles. The van der Waals surface area contributed by atoms with Crippen LogP contribution in [-0.4, -0.2) is 10.9 Å². The summed E-state index contributed by atoms with van der Waals surface area (Å²) < 4.78 is 0. The van der Waals surface area contributed by atoms with Crippen LogP contribution in [0.1, 0.15) is 22.3 Å². The van der Waals surface area contributed by atoms with E-state index in [0.717, 1.165) is 22.3 Å². The topological polar surface area (TPSA) is 68.0 Å². The Kier molecular flexibility index (Phi) is 4.85. The number of carbonyl (C=O) groups is 1. The maximum absolute atomic E-state index is 11.9. The monoisotopic (exact) mass is 269 g/mol. The zero-order valence-corrected chi connectivity index (χ0v) is 11.6. The summed E-state index contributed by atoms with van der Waals surface area (Å²) in [6, 6.07) is 9.72. The highest BCUT2D eigenvalue weighted by Crippen LogP contribution is 2.06. The Morgan fingerprint density at radius 3 is 2.55 bits per heavy atom. The minimum atomic E-state index is 0.0155. The molecule has 0 atom stereocenters. The van der Waals surface area contributed by atoms with Crippen molar-refractivity contribution in [2.75, 3.05) is 0 Å². The molecule has 104 valence electrons. The van der Waals surface area contributed by atoms with E-state index in [0.29, 0.717) is 19.5 Å². The standard InChI is InChI=1S/C16H19N3O/c1-12-10-18-7-6-15(12)11-19-16(20)8-13-2-4-14(9-17)5-3-13/h2-7,10H,8-9,11,17H2,1H3,(H,19,20). The molecule has 20 heavy (non-hydrogen) atoms. The van der Waals surface area contributed by atoms with Crippen LogP contribution < -0.4 is 11.1 Å². The molecule has 0 fully saturated rings. The number of nitrogens with zero attached hydrogens (tertiary/aromatic N) is 1. The minimum absolute atomic E-state index is 0.0155. The van der Waals surface area contributed by atoms with Gasteiger partial charge in [-0.25, -0.2) is 0 Å². The van der Waals surface area contributed by atoms with E-state index in [1.165, 1.54) is 0 Å². The lowest BCUT2D eigenvalue weighted by molar-refractivity contribution is -0.120. The van der Waals surface area contributed by atoms with Crippen molar-refractivity contribution in [1.82, 2.24) is 10.3 Å². The van der Waals surface area contributed by atoms with E-state index in [2.05, 4.69) is 10.3 Å². The van der Waals surface area contributed by atoms with Crippen molar-refractivity contribution in [3.8, 4) is 0 Å². The first-order valence-corrected chi connectivity index (χ1v) is 6.63. The summed E-state index contributed by atoms with van der Waals surface area (Å²) in [7, 11) is 0. The molecule has 2 rings (SSSR count). The van der Waals surface area contributed by atoms with Gasteiger partial charge in [-0.3, -0.25) is 9.78 Å². The van der Waals surface area contributed by atoms with Crippen molar-refractivity contribution in [3.63, 3.8) is 0 Å². The van der Waals surface area contributed by atoms with Gasteiger partial charge in [-0.05, 0) is 35.2 Å². The van der Waals surface area contributed by atoms with Gasteiger partial charge in [0, 0.05) is 25.5 Å². The molecule has 0 radical (unpaired) electrons. The Morgan fingerprint density at radius 1 is 1.20 bits per heavy atom. The molecule has 0 aliphatic heterocycles. The average molecular weight is 269 g/mol. The van der Waals surface area contributed by atoms with E-state index in [4.69, 9.17) is 5.73 Å². The number of rotatable bonds is 5. The van der Waals surface area contributed by atoms with Gasteiger partial charge >= 0.3 is 0 Å². The smallest absolute Gasteiger partial charge is 0.224 e. The number of amides is 1. The van der Waals surface area contributed by atoms with Crippen LogP contribution >= 0.6 is 0 Å². The van der Waals surface area contributed by atoms with Crippen LogP contribution in [0, 0.1) is 6.92 Å². The summed E-state index contributed by atoms with van der Waals surface area (Å²) in [5, 5.41) is 2.93. The first kappa shape index (κ1) is 14.2. The third-order valence-electron chi connectivity index (χ3n) is 3.24. The molecule has 1 aromatic carbocycles. The number of aromatic nitrogens is 1. The lowest BCUT2D eigenvalue weighted by Crippen LogP contribution is -2.24. The molecular weight excluding hydrogens is 250 g/mol. The second-order valence-corrected chi connectivity index (χ2v) is 4.78. The molecule has 1 amide bonds. The molecule has 0 spiro atoms. The van der Waals surface area contributed by atoms with Crippen LogP contribution in [0.4, 0.5) is 0 Å². The highest BCUT2D eigenvalue weighted by Gasteiger charge is 2.04. The molecule has 0 aliphatic rings. The largest absolute Gasteiger partial charge is 0.352 e. The molecule has 0 bridgehead atoms. The molecule has 2 aromatic rings. The first-order valence-electron chi connectivity index (χ1n) is 6.63. The number of carbonyl (C=O) groups excluding carboxylic acids is 1. The summed E-state index contributed by atoms with van der Waals surface area (Å²) in [4.78, 5) is 15.9. The van der Waals surface area contributed by atoms with Gasteiger partial charge in [0.05, 0.1) is 6.42 Å². The zero-order chi connectivity index (χ0) is 14.4. The number of nitrogens with two attached hydrogens (primary N) is 1. The van der Waals surface area contributed by atoms with E-state index in [1.807, 2.05) is 37.3 Å². The summed E-state index contributed by atoms with van der Waals surface area (Å²) >= 11 is 0. The lowest BCUT2D eigenvalue weighted by atomic mass is 10.1. The van der Waals surface area contributed by atoms with Crippen LogP contribution in [0.3, 0.4) is 0 Å². The van der Waals surface area contributed by atoms with Crippen LogP contribution in [0.5, 0.6) is 0 Å². The molecule has 0 unspecified atom stereocenters. The fourth-order valence-corrected chi connectivity index (χ4v) is 1.94. The van der Waals surface area contributed by atoms with E-state index in [-0.39, 0.29) is 5.91 Å². The van der Waals surface area contributed by atoms with Crippen LogP contribution in [0.25, 0.3) is 0 Å². The number of aryl methyl sites for hydroxylation is 1. The van der Waals surface area contributed by atoms with E-state index < -0.39 is 0 Å². The summed E-state index contributed by atoms with van der Waals surface area (Å²) in [6.07, 6.45) is 3.92. The molecule has 4 nitrogen and oxygen atoms in total. The van der Waals surface area contributed by atoms with Crippen LogP contribution in [0.15, 0.2) is 42.7 Å². The number of nitrogens with one attached hydrogen (secondary N) is 1. The van der Waals surface area contributed by atoms with Crippen molar-refractivity contribution < 1.29 is 4.79 Å². The van der Waals surface area contributed by atoms with Gasteiger partial charge in [0.1, 0.15) is 0 Å². The molecule has 4 heteroatoms. The third-order valence-corrected chi connectivity index (χ3v) is 3.24. The number of pyridine rings is 1. The Morgan fingerprint density at radius 2 is 1.90 bits per heavy atom. The predicted octanol–water partition coefficient (Wildman–Crippen LogP) is 1.71. The molecule has 0 aliphatic carbocycles. The Labute approximate surface area is 119 Å². The number of hydrogen-bond acceptors (Lipinski definition) is 3. The van der Waals surface area contributed by atoms with E-state index >= 15 is 0 Å². The van der Waals surface area contributed by atoms with Gasteiger partial charge in [-0.2, -0.15) is 0 Å². The summed E-state index contributed by atoms with van der Waals surface area (Å²) in [5.41, 5.74) is 9.78. The molecule has 0 saturated heterocycles. The highest BCUT2D eigenvalue weighted by molar-refractivity contribution is 5.78. The second kappa shape index (κ2) is 6.82. The van der Waals surface area contributed by atoms with Crippen molar-refractivity contribution in [2.24, 2.45) is 5.73 Å². The van der Waals surface area contributed by atoms with Crippen molar-refractivity contribution in [2.45, 2.75) is 26.4 Å². The SMILES string of the molecule is Cc1cnccc1CNC(=O)Cc1ccc(CN)cc1. The summed E-state index contributed by atoms with van der Waals surface area (Å²) in [5.74, 6) is 0.0155. The summed E-state index contributed by atoms with van der Waals surface area (Å²) in [6.45, 7) is 3.04. The van der Waals surface area contributed by atoms with Crippen molar-refractivity contribution in [1.29, 1.82) is 0 Å².